The number of sulfonamides is 1. The number of rotatable bonds is 6. The molecular formula is C13H21N3O3S. The molecule has 0 fully saturated rings. The summed E-state index contributed by atoms with van der Waals surface area (Å²) in [6.07, 6.45) is 0. The van der Waals surface area contributed by atoms with Gasteiger partial charge < -0.3 is 10.6 Å². The van der Waals surface area contributed by atoms with Gasteiger partial charge in [-0.1, -0.05) is 0 Å². The summed E-state index contributed by atoms with van der Waals surface area (Å²) >= 11 is 0. The number of carbonyl (C=O) groups is 1. The number of likely N-dealkylation sites (N-methyl/N-ethyl adjacent to an activating group) is 1. The van der Waals surface area contributed by atoms with Crippen LogP contribution in [0.25, 0.3) is 0 Å². The highest BCUT2D eigenvalue weighted by Gasteiger charge is 2.18. The van der Waals surface area contributed by atoms with E-state index >= 15 is 0 Å². The third-order valence-electron chi connectivity index (χ3n) is 3.08. The average Bonchev–Trinajstić information content (AvgIpc) is 2.41. The maximum atomic E-state index is 12.1. The lowest BCUT2D eigenvalue weighted by Crippen LogP contribution is -2.39. The monoisotopic (exact) mass is 299 g/mol. The molecule has 6 nitrogen and oxygen atoms in total. The fraction of sp³-hybridized carbons (Fsp3) is 0.462. The van der Waals surface area contributed by atoms with E-state index in [1.165, 1.54) is 18.2 Å². The lowest BCUT2D eigenvalue weighted by Gasteiger charge is -2.18. The van der Waals surface area contributed by atoms with E-state index in [1.807, 2.05) is 13.8 Å². The van der Waals surface area contributed by atoms with Gasteiger partial charge >= 0.3 is 0 Å². The molecule has 0 heterocycles. The van der Waals surface area contributed by atoms with Crippen LogP contribution in [0.3, 0.4) is 0 Å². The van der Waals surface area contributed by atoms with Crippen LogP contribution >= 0.6 is 0 Å². The predicted molar refractivity (Wildman–Crippen MR) is 78.7 cm³/mol. The van der Waals surface area contributed by atoms with E-state index in [-0.39, 0.29) is 17.3 Å². The molecule has 0 aliphatic carbocycles. The Labute approximate surface area is 120 Å². The summed E-state index contributed by atoms with van der Waals surface area (Å²) in [6.45, 7) is 6.29. The van der Waals surface area contributed by atoms with E-state index in [4.69, 9.17) is 5.73 Å². The molecule has 0 radical (unpaired) electrons. The molecule has 0 spiro atoms. The van der Waals surface area contributed by atoms with Gasteiger partial charge in [-0.2, -0.15) is 0 Å². The quantitative estimate of drug-likeness (QED) is 0.757. The van der Waals surface area contributed by atoms with Crippen LogP contribution in [-0.2, 0) is 14.8 Å². The van der Waals surface area contributed by atoms with Gasteiger partial charge in [-0.25, -0.2) is 13.1 Å². The summed E-state index contributed by atoms with van der Waals surface area (Å²) in [4.78, 5) is 13.5. The molecule has 0 atom stereocenters. The molecule has 7 heteroatoms. The third kappa shape index (κ3) is 3.94. The van der Waals surface area contributed by atoms with Gasteiger partial charge in [0.05, 0.1) is 11.4 Å². The normalized spacial score (nSPS) is 11.3. The first-order valence-electron chi connectivity index (χ1n) is 6.45. The van der Waals surface area contributed by atoms with Gasteiger partial charge in [0.15, 0.2) is 0 Å². The molecule has 3 N–H and O–H groups in total. The molecule has 0 saturated heterocycles. The minimum atomic E-state index is -3.70. The van der Waals surface area contributed by atoms with Crippen molar-refractivity contribution >= 4 is 21.6 Å². The summed E-state index contributed by atoms with van der Waals surface area (Å²) < 4.78 is 26.5. The van der Waals surface area contributed by atoms with E-state index in [2.05, 4.69) is 4.72 Å². The Hall–Kier alpha value is -1.60. The number of hydrogen-bond acceptors (Lipinski definition) is 4. The molecule has 0 unspecified atom stereocenters. The Balaban J connectivity index is 2.80. The number of benzene rings is 1. The highest BCUT2D eigenvalue weighted by Crippen LogP contribution is 2.16. The number of nitrogens with two attached hydrogens (primary N) is 1. The van der Waals surface area contributed by atoms with Crippen molar-refractivity contribution in [2.75, 3.05) is 25.4 Å². The van der Waals surface area contributed by atoms with Gasteiger partial charge in [0.2, 0.25) is 15.9 Å². The van der Waals surface area contributed by atoms with Crippen molar-refractivity contribution in [2.45, 2.75) is 25.7 Å². The van der Waals surface area contributed by atoms with E-state index in [0.29, 0.717) is 24.3 Å². The average molecular weight is 299 g/mol. The molecule has 1 aromatic carbocycles. The van der Waals surface area contributed by atoms with Crippen molar-refractivity contribution < 1.29 is 13.2 Å². The predicted octanol–water partition coefficient (Wildman–Crippen LogP) is 0.724. The van der Waals surface area contributed by atoms with E-state index in [9.17, 15) is 13.2 Å². The van der Waals surface area contributed by atoms with Gasteiger partial charge in [0.1, 0.15) is 0 Å². The minimum absolute atomic E-state index is 0.108. The standard InChI is InChI=1S/C13H21N3O3S/c1-4-16(5-2)13(17)9-15-20(18,19)11-6-7-12(14)10(3)8-11/h6-8,15H,4-5,9,14H2,1-3H3. The lowest BCUT2D eigenvalue weighted by atomic mass is 10.2. The topological polar surface area (TPSA) is 92.5 Å². The van der Waals surface area contributed by atoms with Crippen LogP contribution in [0.5, 0.6) is 0 Å². The maximum absolute atomic E-state index is 12.1. The Kier molecular flexibility index (Phi) is 5.52. The van der Waals surface area contributed by atoms with Crippen LogP contribution in [0.2, 0.25) is 0 Å². The number of nitrogen functional groups attached to an aromatic ring is 1. The zero-order valence-electron chi connectivity index (χ0n) is 12.0. The van der Waals surface area contributed by atoms with Crippen molar-refractivity contribution in [1.82, 2.24) is 9.62 Å². The molecule has 0 bridgehead atoms. The molecule has 1 rings (SSSR count). The number of nitrogens with one attached hydrogen (secondary N) is 1. The first-order chi connectivity index (χ1) is 9.31. The number of carbonyl (C=O) groups excluding carboxylic acids is 1. The maximum Gasteiger partial charge on any atom is 0.241 e. The van der Waals surface area contributed by atoms with Crippen molar-refractivity contribution in [3.8, 4) is 0 Å². The summed E-state index contributed by atoms with van der Waals surface area (Å²) in [5.41, 5.74) is 6.87. The van der Waals surface area contributed by atoms with Crippen molar-refractivity contribution in [3.05, 3.63) is 23.8 Å². The van der Waals surface area contributed by atoms with Crippen LogP contribution in [0.4, 0.5) is 5.69 Å². The van der Waals surface area contributed by atoms with Crippen LogP contribution in [0, 0.1) is 6.92 Å². The molecule has 1 aromatic rings. The number of hydrogen-bond donors (Lipinski definition) is 2. The van der Waals surface area contributed by atoms with E-state index < -0.39 is 10.0 Å². The molecular weight excluding hydrogens is 278 g/mol. The first kappa shape index (κ1) is 16.5. The van der Waals surface area contributed by atoms with Crippen LogP contribution < -0.4 is 10.5 Å². The Morgan fingerprint density at radius 3 is 2.40 bits per heavy atom. The largest absolute Gasteiger partial charge is 0.399 e. The summed E-state index contributed by atoms with van der Waals surface area (Å²) in [5, 5.41) is 0. The molecule has 112 valence electrons. The molecule has 0 saturated carbocycles. The van der Waals surface area contributed by atoms with E-state index in [1.54, 1.807) is 11.8 Å². The number of nitrogens with zero attached hydrogens (tertiary/aromatic N) is 1. The lowest BCUT2D eigenvalue weighted by molar-refractivity contribution is -0.129. The molecule has 1 amide bonds. The summed E-state index contributed by atoms with van der Waals surface area (Å²) in [6, 6.07) is 4.45. The smallest absolute Gasteiger partial charge is 0.241 e. The summed E-state index contributed by atoms with van der Waals surface area (Å²) in [7, 11) is -3.70. The zero-order valence-corrected chi connectivity index (χ0v) is 12.8. The Bertz CT molecular complexity index is 581. The van der Waals surface area contributed by atoms with Crippen LogP contribution in [0.1, 0.15) is 19.4 Å². The highest BCUT2D eigenvalue weighted by molar-refractivity contribution is 7.89. The van der Waals surface area contributed by atoms with Gasteiger partial charge in [0, 0.05) is 18.8 Å². The minimum Gasteiger partial charge on any atom is -0.399 e. The Morgan fingerprint density at radius 1 is 1.30 bits per heavy atom. The number of aryl methyl sites for hydroxylation is 1. The van der Waals surface area contributed by atoms with Gasteiger partial charge in [0.25, 0.3) is 0 Å². The first-order valence-corrected chi connectivity index (χ1v) is 7.93. The van der Waals surface area contributed by atoms with Gasteiger partial charge in [-0.15, -0.1) is 0 Å². The second-order valence-corrected chi connectivity index (χ2v) is 6.18. The fourth-order valence-electron chi connectivity index (χ4n) is 1.74. The fourth-order valence-corrected chi connectivity index (χ4v) is 2.80. The SMILES string of the molecule is CCN(CC)C(=O)CNS(=O)(=O)c1ccc(N)c(C)c1. The summed E-state index contributed by atoms with van der Waals surface area (Å²) in [5.74, 6) is -0.245. The molecule has 0 aliphatic heterocycles. The third-order valence-corrected chi connectivity index (χ3v) is 4.48. The molecule has 0 aromatic heterocycles. The molecule has 0 aliphatic rings. The number of anilines is 1. The van der Waals surface area contributed by atoms with Crippen molar-refractivity contribution in [1.29, 1.82) is 0 Å². The second kappa shape index (κ2) is 6.71. The Morgan fingerprint density at radius 2 is 1.90 bits per heavy atom. The molecule has 20 heavy (non-hydrogen) atoms. The van der Waals surface area contributed by atoms with Gasteiger partial charge in [-0.05, 0) is 44.5 Å². The van der Waals surface area contributed by atoms with Crippen molar-refractivity contribution in [3.63, 3.8) is 0 Å². The second-order valence-electron chi connectivity index (χ2n) is 4.41. The van der Waals surface area contributed by atoms with Gasteiger partial charge in [-0.3, -0.25) is 4.79 Å². The zero-order chi connectivity index (χ0) is 15.3. The van der Waals surface area contributed by atoms with Crippen LogP contribution in [-0.4, -0.2) is 38.9 Å². The van der Waals surface area contributed by atoms with E-state index in [0.717, 1.165) is 0 Å². The van der Waals surface area contributed by atoms with Crippen LogP contribution in [0.15, 0.2) is 23.1 Å². The number of amides is 1. The van der Waals surface area contributed by atoms with Crippen molar-refractivity contribution in [2.24, 2.45) is 0 Å². The highest BCUT2D eigenvalue weighted by atomic mass is 32.2.